The second-order valence-corrected chi connectivity index (χ2v) is 3.12. The molecule has 1 amide bonds. The summed E-state index contributed by atoms with van der Waals surface area (Å²) in [5.41, 5.74) is 11.8. The Morgan fingerprint density at radius 2 is 2.31 bits per heavy atom. The van der Waals surface area contributed by atoms with Crippen molar-refractivity contribution >= 4 is 5.91 Å². The van der Waals surface area contributed by atoms with E-state index in [-0.39, 0.29) is 0 Å². The summed E-state index contributed by atoms with van der Waals surface area (Å²) in [5.74, 6) is -0.0399. The minimum atomic E-state index is -0.538. The van der Waals surface area contributed by atoms with Crippen molar-refractivity contribution in [2.75, 3.05) is 0 Å². The molecule has 0 bridgehead atoms. The Morgan fingerprint density at radius 1 is 1.50 bits per heavy atom. The van der Waals surface area contributed by atoms with E-state index in [2.05, 4.69) is 15.3 Å². The second kappa shape index (κ2) is 4.07. The largest absolute Gasteiger partial charge is 0.366 e. The van der Waals surface area contributed by atoms with E-state index in [4.69, 9.17) is 11.5 Å². The number of nitrogens with zero attached hydrogens (tertiary/aromatic N) is 4. The van der Waals surface area contributed by atoms with E-state index in [0.717, 1.165) is 5.56 Å². The standard InChI is InChI=1S/C9H10N6O/c10-3-6-1-2-12-14-9(6)15-5-7(4-13-15)8(11)16/h1-2,4-5H,3,10H2,(H2,11,16). The smallest absolute Gasteiger partial charge is 0.251 e. The lowest BCUT2D eigenvalue weighted by Crippen LogP contribution is -2.10. The van der Waals surface area contributed by atoms with Crippen molar-refractivity contribution < 1.29 is 4.79 Å². The lowest BCUT2D eigenvalue weighted by Gasteiger charge is -2.03. The van der Waals surface area contributed by atoms with E-state index in [1.54, 1.807) is 12.3 Å². The molecule has 0 aliphatic carbocycles. The van der Waals surface area contributed by atoms with Gasteiger partial charge in [-0.2, -0.15) is 10.2 Å². The van der Waals surface area contributed by atoms with Crippen LogP contribution in [0.25, 0.3) is 5.82 Å². The number of aromatic nitrogens is 4. The molecule has 2 rings (SSSR count). The van der Waals surface area contributed by atoms with Crippen LogP contribution in [0.3, 0.4) is 0 Å². The first-order valence-electron chi connectivity index (χ1n) is 4.58. The first-order valence-corrected chi connectivity index (χ1v) is 4.58. The molecule has 0 atom stereocenters. The van der Waals surface area contributed by atoms with E-state index >= 15 is 0 Å². The molecule has 16 heavy (non-hydrogen) atoms. The quantitative estimate of drug-likeness (QED) is 0.701. The van der Waals surface area contributed by atoms with Gasteiger partial charge in [0.1, 0.15) is 0 Å². The van der Waals surface area contributed by atoms with Crippen LogP contribution in [-0.4, -0.2) is 25.9 Å². The normalized spacial score (nSPS) is 10.3. The molecule has 7 nitrogen and oxygen atoms in total. The van der Waals surface area contributed by atoms with Crippen molar-refractivity contribution in [2.45, 2.75) is 6.54 Å². The Labute approximate surface area is 91.1 Å². The van der Waals surface area contributed by atoms with Crippen molar-refractivity contribution in [3.63, 3.8) is 0 Å². The lowest BCUT2D eigenvalue weighted by molar-refractivity contribution is 0.100. The summed E-state index contributed by atoms with van der Waals surface area (Å²) in [6, 6.07) is 1.74. The van der Waals surface area contributed by atoms with Crippen LogP contribution < -0.4 is 11.5 Å². The molecule has 0 aliphatic heterocycles. The first kappa shape index (κ1) is 10.2. The lowest BCUT2D eigenvalue weighted by atomic mass is 10.3. The van der Waals surface area contributed by atoms with E-state index in [1.807, 2.05) is 0 Å². The van der Waals surface area contributed by atoms with Gasteiger partial charge in [0.15, 0.2) is 5.82 Å². The minimum Gasteiger partial charge on any atom is -0.366 e. The highest BCUT2D eigenvalue weighted by atomic mass is 16.1. The van der Waals surface area contributed by atoms with E-state index in [9.17, 15) is 4.79 Å². The van der Waals surface area contributed by atoms with Gasteiger partial charge in [0, 0.05) is 18.3 Å². The van der Waals surface area contributed by atoms with Crippen LogP contribution in [0.5, 0.6) is 0 Å². The SMILES string of the molecule is NCc1ccnnc1-n1cc(C(N)=O)cn1. The van der Waals surface area contributed by atoms with Gasteiger partial charge in [-0.15, -0.1) is 5.10 Å². The molecule has 0 spiro atoms. The molecular weight excluding hydrogens is 208 g/mol. The summed E-state index contributed by atoms with van der Waals surface area (Å²) >= 11 is 0. The highest BCUT2D eigenvalue weighted by Crippen LogP contribution is 2.09. The van der Waals surface area contributed by atoms with Crippen molar-refractivity contribution in [1.29, 1.82) is 0 Å². The summed E-state index contributed by atoms with van der Waals surface area (Å²) in [5, 5.41) is 11.6. The minimum absolute atomic E-state index is 0.314. The number of primary amides is 1. The van der Waals surface area contributed by atoms with Crippen LogP contribution in [0.2, 0.25) is 0 Å². The zero-order chi connectivity index (χ0) is 11.5. The van der Waals surface area contributed by atoms with Gasteiger partial charge in [-0.25, -0.2) is 4.68 Å². The van der Waals surface area contributed by atoms with Gasteiger partial charge in [0.25, 0.3) is 5.91 Å². The molecule has 0 fully saturated rings. The molecule has 0 aliphatic rings. The summed E-state index contributed by atoms with van der Waals surface area (Å²) in [6.07, 6.45) is 4.41. The number of carbonyl (C=O) groups excluding carboxylic acids is 1. The molecule has 82 valence electrons. The van der Waals surface area contributed by atoms with Gasteiger partial charge < -0.3 is 11.5 Å². The Balaban J connectivity index is 2.46. The number of hydrogen-bond acceptors (Lipinski definition) is 5. The first-order chi connectivity index (χ1) is 7.72. The Hall–Kier alpha value is -2.28. The number of hydrogen-bond donors (Lipinski definition) is 2. The molecule has 2 heterocycles. The van der Waals surface area contributed by atoms with Gasteiger partial charge in [0.05, 0.1) is 18.0 Å². The Bertz CT molecular complexity index is 520. The molecule has 0 unspecified atom stereocenters. The van der Waals surface area contributed by atoms with Crippen molar-refractivity contribution in [1.82, 2.24) is 20.0 Å². The fraction of sp³-hybridized carbons (Fsp3) is 0.111. The number of nitrogens with two attached hydrogens (primary N) is 2. The van der Waals surface area contributed by atoms with Gasteiger partial charge >= 0.3 is 0 Å². The van der Waals surface area contributed by atoms with Gasteiger partial charge in [-0.3, -0.25) is 4.79 Å². The third-order valence-electron chi connectivity index (χ3n) is 2.09. The van der Waals surface area contributed by atoms with E-state index in [1.165, 1.54) is 17.1 Å². The maximum Gasteiger partial charge on any atom is 0.251 e. The molecule has 4 N–H and O–H groups in total. The molecule has 2 aromatic rings. The van der Waals surface area contributed by atoms with Gasteiger partial charge in [-0.05, 0) is 6.07 Å². The van der Waals surface area contributed by atoms with Crippen LogP contribution in [0.15, 0.2) is 24.7 Å². The molecule has 0 saturated carbocycles. The average Bonchev–Trinajstić information content (AvgIpc) is 2.78. The maximum absolute atomic E-state index is 10.9. The zero-order valence-electron chi connectivity index (χ0n) is 8.37. The third-order valence-corrected chi connectivity index (χ3v) is 2.09. The summed E-state index contributed by atoms with van der Waals surface area (Å²) in [7, 11) is 0. The molecular formula is C9H10N6O. The van der Waals surface area contributed by atoms with Gasteiger partial charge in [-0.1, -0.05) is 0 Å². The molecule has 7 heteroatoms. The predicted octanol–water partition coefficient (Wildman–Crippen LogP) is -0.780. The summed E-state index contributed by atoms with van der Waals surface area (Å²) in [6.45, 7) is 0.316. The van der Waals surface area contributed by atoms with Crippen LogP contribution in [0, 0.1) is 0 Å². The monoisotopic (exact) mass is 218 g/mol. The fourth-order valence-corrected chi connectivity index (χ4v) is 1.27. The van der Waals surface area contributed by atoms with Crippen molar-refractivity contribution in [3.8, 4) is 5.82 Å². The zero-order valence-corrected chi connectivity index (χ0v) is 8.37. The van der Waals surface area contributed by atoms with Crippen LogP contribution >= 0.6 is 0 Å². The third kappa shape index (κ3) is 1.75. The van der Waals surface area contributed by atoms with Crippen LogP contribution in [0.4, 0.5) is 0 Å². The fourth-order valence-electron chi connectivity index (χ4n) is 1.27. The molecule has 0 saturated heterocycles. The maximum atomic E-state index is 10.9. The molecule has 0 radical (unpaired) electrons. The summed E-state index contributed by atoms with van der Waals surface area (Å²) < 4.78 is 1.43. The van der Waals surface area contributed by atoms with Crippen molar-refractivity contribution in [2.24, 2.45) is 11.5 Å². The number of rotatable bonds is 3. The highest BCUT2D eigenvalue weighted by Gasteiger charge is 2.09. The summed E-state index contributed by atoms with van der Waals surface area (Å²) in [4.78, 5) is 10.9. The second-order valence-electron chi connectivity index (χ2n) is 3.12. The molecule has 0 aromatic carbocycles. The van der Waals surface area contributed by atoms with E-state index in [0.29, 0.717) is 17.9 Å². The Morgan fingerprint density at radius 3 is 2.94 bits per heavy atom. The highest BCUT2D eigenvalue weighted by molar-refractivity contribution is 5.92. The Kier molecular flexibility index (Phi) is 2.61. The molecule has 2 aromatic heterocycles. The number of carbonyl (C=O) groups is 1. The van der Waals surface area contributed by atoms with Crippen molar-refractivity contribution in [3.05, 3.63) is 35.8 Å². The average molecular weight is 218 g/mol. The predicted molar refractivity (Wildman–Crippen MR) is 55.6 cm³/mol. The topological polar surface area (TPSA) is 113 Å². The number of amides is 1. The van der Waals surface area contributed by atoms with Gasteiger partial charge in [0.2, 0.25) is 0 Å². The van der Waals surface area contributed by atoms with Crippen LogP contribution in [-0.2, 0) is 6.54 Å². The van der Waals surface area contributed by atoms with Crippen LogP contribution in [0.1, 0.15) is 15.9 Å². The van der Waals surface area contributed by atoms with E-state index < -0.39 is 5.91 Å².